The van der Waals surface area contributed by atoms with E-state index in [9.17, 15) is 12.8 Å². The molecule has 0 radical (unpaired) electrons. The summed E-state index contributed by atoms with van der Waals surface area (Å²) in [5, 5.41) is 0. The monoisotopic (exact) mass is 310 g/mol. The third-order valence-electron chi connectivity index (χ3n) is 3.84. The van der Waals surface area contributed by atoms with Gasteiger partial charge in [-0.1, -0.05) is 0 Å². The Kier molecular flexibility index (Phi) is 6.84. The van der Waals surface area contributed by atoms with Crippen LogP contribution in [0.15, 0.2) is 0 Å². The van der Waals surface area contributed by atoms with E-state index in [0.29, 0.717) is 38.9 Å². The maximum Gasteiger partial charge on any atom is 0.211 e. The number of sulfonamides is 1. The van der Waals surface area contributed by atoms with Gasteiger partial charge in [-0.25, -0.2) is 17.1 Å². The van der Waals surface area contributed by atoms with Crippen molar-refractivity contribution in [2.45, 2.75) is 37.8 Å². The molecule has 0 aromatic carbocycles. The van der Waals surface area contributed by atoms with Crippen molar-refractivity contribution in [1.29, 1.82) is 0 Å². The van der Waals surface area contributed by atoms with E-state index in [2.05, 4.69) is 0 Å². The van der Waals surface area contributed by atoms with Gasteiger partial charge < -0.3 is 10.5 Å². The Balaban J connectivity index is 2.63. The van der Waals surface area contributed by atoms with Crippen LogP contribution < -0.4 is 5.73 Å². The quantitative estimate of drug-likeness (QED) is 0.730. The molecule has 20 heavy (non-hydrogen) atoms. The Hall–Kier alpha value is -0.240. The number of piperidine rings is 1. The van der Waals surface area contributed by atoms with Crippen LogP contribution in [0.4, 0.5) is 4.39 Å². The van der Waals surface area contributed by atoms with Crippen molar-refractivity contribution in [3.63, 3.8) is 0 Å². The molecule has 7 heteroatoms. The molecule has 1 aliphatic heterocycles. The Morgan fingerprint density at radius 3 is 2.75 bits per heavy atom. The molecular formula is C13H27FN2O3S. The number of nitrogens with two attached hydrogens (primary N) is 1. The lowest BCUT2D eigenvalue weighted by molar-refractivity contribution is 0.00853. The smallest absolute Gasteiger partial charge is 0.211 e. The molecule has 1 saturated heterocycles. The van der Waals surface area contributed by atoms with Crippen molar-refractivity contribution in [3.8, 4) is 0 Å². The maximum atomic E-state index is 14.8. The Morgan fingerprint density at radius 2 is 2.20 bits per heavy atom. The van der Waals surface area contributed by atoms with Crippen LogP contribution in [-0.4, -0.2) is 58.0 Å². The Labute approximate surface area is 121 Å². The van der Waals surface area contributed by atoms with Crippen LogP contribution in [0.3, 0.4) is 0 Å². The summed E-state index contributed by atoms with van der Waals surface area (Å²) in [5.74, 6) is 0.0522. The van der Waals surface area contributed by atoms with Crippen LogP contribution in [0.25, 0.3) is 0 Å². The number of ether oxygens (including phenoxy) is 1. The molecule has 1 heterocycles. The molecule has 0 aliphatic carbocycles. The largest absolute Gasteiger partial charge is 0.381 e. The summed E-state index contributed by atoms with van der Waals surface area (Å²) in [5.41, 5.74) is 4.05. The standard InChI is InChI=1S/C13H27FN2O3S/c1-19-11-13(14,6-4-7-15)9-12-5-3-8-16(10-12)20(2,17)18/h12H,3-11,15H2,1-2H3. The van der Waals surface area contributed by atoms with Crippen molar-refractivity contribution in [3.05, 3.63) is 0 Å². The van der Waals surface area contributed by atoms with Gasteiger partial charge in [0.15, 0.2) is 0 Å². The van der Waals surface area contributed by atoms with E-state index in [0.717, 1.165) is 12.8 Å². The zero-order valence-electron chi connectivity index (χ0n) is 12.5. The van der Waals surface area contributed by atoms with Gasteiger partial charge in [0, 0.05) is 20.2 Å². The van der Waals surface area contributed by atoms with Gasteiger partial charge >= 0.3 is 0 Å². The molecule has 2 atom stereocenters. The number of nitrogens with zero attached hydrogens (tertiary/aromatic N) is 1. The molecule has 0 aromatic rings. The summed E-state index contributed by atoms with van der Waals surface area (Å²) in [6.45, 7) is 1.45. The first-order chi connectivity index (χ1) is 9.30. The van der Waals surface area contributed by atoms with Crippen molar-refractivity contribution < 1.29 is 17.5 Å². The van der Waals surface area contributed by atoms with Crippen molar-refractivity contribution >= 4 is 10.0 Å². The number of halogens is 1. The highest BCUT2D eigenvalue weighted by Crippen LogP contribution is 2.32. The molecule has 5 nitrogen and oxygen atoms in total. The normalized spacial score (nSPS) is 24.5. The number of rotatable bonds is 8. The second-order valence-electron chi connectivity index (χ2n) is 5.81. The van der Waals surface area contributed by atoms with E-state index >= 15 is 0 Å². The van der Waals surface area contributed by atoms with E-state index in [4.69, 9.17) is 10.5 Å². The molecule has 2 N–H and O–H groups in total. The summed E-state index contributed by atoms with van der Waals surface area (Å²) >= 11 is 0. The lowest BCUT2D eigenvalue weighted by Crippen LogP contribution is -2.42. The van der Waals surface area contributed by atoms with Crippen LogP contribution in [0.5, 0.6) is 0 Å². The summed E-state index contributed by atoms with van der Waals surface area (Å²) in [6.07, 6.45) is 4.19. The summed E-state index contributed by atoms with van der Waals surface area (Å²) in [7, 11) is -1.70. The molecular weight excluding hydrogens is 283 g/mol. The fourth-order valence-corrected chi connectivity index (χ4v) is 3.87. The maximum absolute atomic E-state index is 14.8. The van der Waals surface area contributed by atoms with Gasteiger partial charge in [-0.05, 0) is 44.6 Å². The minimum Gasteiger partial charge on any atom is -0.381 e. The third kappa shape index (κ3) is 5.63. The highest BCUT2D eigenvalue weighted by molar-refractivity contribution is 7.88. The van der Waals surface area contributed by atoms with E-state index in [1.165, 1.54) is 17.7 Å². The SMILES string of the molecule is COCC(F)(CCCN)CC1CCCN(S(C)(=O)=O)C1. The Bertz CT molecular complexity index is 391. The Morgan fingerprint density at radius 1 is 1.50 bits per heavy atom. The molecule has 0 amide bonds. The van der Waals surface area contributed by atoms with Gasteiger partial charge in [0.25, 0.3) is 0 Å². The first-order valence-corrected chi connectivity index (χ1v) is 8.98. The average molecular weight is 310 g/mol. The van der Waals surface area contributed by atoms with Gasteiger partial charge in [0.05, 0.1) is 12.9 Å². The minimum atomic E-state index is -3.18. The van der Waals surface area contributed by atoms with E-state index in [1.54, 1.807) is 0 Å². The van der Waals surface area contributed by atoms with E-state index in [-0.39, 0.29) is 12.5 Å². The number of alkyl halides is 1. The minimum absolute atomic E-state index is 0.0440. The molecule has 1 fully saturated rings. The lowest BCUT2D eigenvalue weighted by atomic mass is 9.85. The van der Waals surface area contributed by atoms with Crippen molar-refractivity contribution in [1.82, 2.24) is 4.31 Å². The topological polar surface area (TPSA) is 72.6 Å². The summed E-state index contributed by atoms with van der Waals surface area (Å²) in [4.78, 5) is 0. The summed E-state index contributed by atoms with van der Waals surface area (Å²) in [6, 6.07) is 0. The average Bonchev–Trinajstić information content (AvgIpc) is 2.36. The molecule has 1 rings (SSSR count). The van der Waals surface area contributed by atoms with E-state index in [1.807, 2.05) is 0 Å². The molecule has 1 aliphatic rings. The van der Waals surface area contributed by atoms with Gasteiger partial charge in [0.2, 0.25) is 10.0 Å². The fourth-order valence-electron chi connectivity index (χ4n) is 2.92. The van der Waals surface area contributed by atoms with Gasteiger partial charge in [-0.2, -0.15) is 0 Å². The van der Waals surface area contributed by atoms with Crippen LogP contribution >= 0.6 is 0 Å². The number of hydrogen-bond donors (Lipinski definition) is 1. The number of methoxy groups -OCH3 is 1. The van der Waals surface area contributed by atoms with Crippen molar-refractivity contribution in [2.75, 3.05) is 39.6 Å². The highest BCUT2D eigenvalue weighted by atomic mass is 32.2. The predicted molar refractivity (Wildman–Crippen MR) is 77.8 cm³/mol. The van der Waals surface area contributed by atoms with Gasteiger partial charge in [0.1, 0.15) is 5.67 Å². The first-order valence-electron chi connectivity index (χ1n) is 7.14. The zero-order valence-corrected chi connectivity index (χ0v) is 13.3. The lowest BCUT2D eigenvalue weighted by Gasteiger charge is -2.35. The third-order valence-corrected chi connectivity index (χ3v) is 5.11. The predicted octanol–water partition coefficient (Wildman–Crippen LogP) is 1.14. The number of hydrogen-bond acceptors (Lipinski definition) is 4. The molecule has 0 bridgehead atoms. The second-order valence-corrected chi connectivity index (χ2v) is 7.79. The van der Waals surface area contributed by atoms with Gasteiger partial charge in [-0.15, -0.1) is 0 Å². The fraction of sp³-hybridized carbons (Fsp3) is 1.00. The zero-order chi connectivity index (χ0) is 15.2. The highest BCUT2D eigenvalue weighted by Gasteiger charge is 2.35. The first kappa shape index (κ1) is 17.8. The second kappa shape index (κ2) is 7.68. The molecule has 0 spiro atoms. The van der Waals surface area contributed by atoms with Crippen LogP contribution in [0, 0.1) is 5.92 Å². The summed E-state index contributed by atoms with van der Waals surface area (Å²) < 4.78 is 44.5. The molecule has 0 saturated carbocycles. The molecule has 2 unspecified atom stereocenters. The van der Waals surface area contributed by atoms with Crippen LogP contribution in [-0.2, 0) is 14.8 Å². The van der Waals surface area contributed by atoms with E-state index < -0.39 is 15.7 Å². The van der Waals surface area contributed by atoms with Crippen LogP contribution in [0.1, 0.15) is 32.1 Å². The van der Waals surface area contributed by atoms with Gasteiger partial charge in [-0.3, -0.25) is 0 Å². The van der Waals surface area contributed by atoms with Crippen LogP contribution in [0.2, 0.25) is 0 Å². The molecule has 0 aromatic heterocycles. The molecule has 120 valence electrons. The van der Waals surface area contributed by atoms with Crippen molar-refractivity contribution in [2.24, 2.45) is 11.7 Å².